The summed E-state index contributed by atoms with van der Waals surface area (Å²) in [4.78, 5) is 2.73. The average Bonchev–Trinajstić information content (AvgIpc) is 2.74. The molecule has 3 aromatic carbocycles. The first kappa shape index (κ1) is 22.3. The van der Waals surface area contributed by atoms with Gasteiger partial charge in [0.15, 0.2) is 9.84 Å². The molecule has 0 aromatic heterocycles. The summed E-state index contributed by atoms with van der Waals surface area (Å²) in [5, 5.41) is 0. The molecular weight excluding hydrogens is 390 g/mol. The van der Waals surface area contributed by atoms with Crippen LogP contribution in [0.3, 0.4) is 0 Å². The fraction of sp³-hybridized carbons (Fsp3) is 0.308. The van der Waals surface area contributed by atoms with Crippen molar-refractivity contribution in [3.05, 3.63) is 102 Å². The Labute approximate surface area is 181 Å². The molecule has 3 aromatic rings. The van der Waals surface area contributed by atoms with Crippen molar-refractivity contribution < 1.29 is 8.42 Å². The van der Waals surface area contributed by atoms with Crippen LogP contribution < -0.4 is 0 Å². The Kier molecular flexibility index (Phi) is 7.83. The van der Waals surface area contributed by atoms with E-state index in [0.717, 1.165) is 19.5 Å². The Morgan fingerprint density at radius 1 is 0.700 bits per heavy atom. The molecule has 30 heavy (non-hydrogen) atoms. The van der Waals surface area contributed by atoms with Crippen molar-refractivity contribution in [3.8, 4) is 0 Å². The highest BCUT2D eigenvalue weighted by Gasteiger charge is 2.27. The molecule has 0 saturated carbocycles. The number of sulfone groups is 1. The second-order valence-electron chi connectivity index (χ2n) is 8.25. The van der Waals surface area contributed by atoms with Crippen LogP contribution in [0.5, 0.6) is 0 Å². The fourth-order valence-electron chi connectivity index (χ4n) is 3.79. The van der Waals surface area contributed by atoms with Crippen molar-refractivity contribution >= 4 is 9.84 Å². The second-order valence-corrected chi connectivity index (χ2v) is 10.3. The zero-order chi connectivity index (χ0) is 21.4. The minimum Gasteiger partial charge on any atom is -0.291 e. The molecule has 0 unspecified atom stereocenters. The van der Waals surface area contributed by atoms with Gasteiger partial charge in [0.25, 0.3) is 0 Å². The molecule has 0 N–H and O–H groups in total. The van der Waals surface area contributed by atoms with Gasteiger partial charge in [0.2, 0.25) is 0 Å². The average molecular weight is 422 g/mol. The number of hydrogen-bond donors (Lipinski definition) is 0. The predicted molar refractivity (Wildman–Crippen MR) is 124 cm³/mol. The van der Waals surface area contributed by atoms with E-state index in [1.54, 1.807) is 24.3 Å². The lowest BCUT2D eigenvalue weighted by molar-refractivity contribution is 0.171. The van der Waals surface area contributed by atoms with Crippen LogP contribution >= 0.6 is 0 Å². The van der Waals surface area contributed by atoms with Crippen molar-refractivity contribution in [2.45, 2.75) is 44.3 Å². The molecular formula is C26H31NO2S. The van der Waals surface area contributed by atoms with E-state index >= 15 is 0 Å². The van der Waals surface area contributed by atoms with E-state index in [0.29, 0.717) is 10.8 Å². The van der Waals surface area contributed by atoms with Crippen molar-refractivity contribution in [1.82, 2.24) is 4.90 Å². The highest BCUT2D eigenvalue weighted by Crippen LogP contribution is 2.22. The van der Waals surface area contributed by atoms with Gasteiger partial charge in [-0.15, -0.1) is 0 Å². The molecule has 1 atom stereocenters. The smallest absolute Gasteiger partial charge is 0.179 e. The highest BCUT2D eigenvalue weighted by molar-refractivity contribution is 7.91. The summed E-state index contributed by atoms with van der Waals surface area (Å²) in [6.07, 6.45) is 0.825. The Balaban J connectivity index is 1.91. The van der Waals surface area contributed by atoms with Gasteiger partial charge < -0.3 is 0 Å². The third kappa shape index (κ3) is 6.54. The Bertz CT molecular complexity index is 945. The standard InChI is InChI=1S/C26H31NO2S/c1-22(2)18-25(21-30(28,29)26-16-10-5-11-17-26)27(19-23-12-6-3-7-13-23)20-24-14-8-4-9-15-24/h3-17,22,25H,18-21H2,1-2H3/t25-/m1/s1. The van der Waals surface area contributed by atoms with Crippen LogP contribution in [0.2, 0.25) is 0 Å². The van der Waals surface area contributed by atoms with Gasteiger partial charge in [-0.25, -0.2) is 8.42 Å². The van der Waals surface area contributed by atoms with E-state index in [1.807, 2.05) is 42.5 Å². The van der Waals surface area contributed by atoms with Crippen LogP contribution in [0.25, 0.3) is 0 Å². The first-order valence-electron chi connectivity index (χ1n) is 10.5. The van der Waals surface area contributed by atoms with Crippen LogP contribution in [0.4, 0.5) is 0 Å². The third-order valence-electron chi connectivity index (χ3n) is 5.23. The lowest BCUT2D eigenvalue weighted by Crippen LogP contribution is -2.40. The van der Waals surface area contributed by atoms with E-state index in [1.165, 1.54) is 11.1 Å². The summed E-state index contributed by atoms with van der Waals surface area (Å²) >= 11 is 0. The van der Waals surface area contributed by atoms with Crippen molar-refractivity contribution in [1.29, 1.82) is 0 Å². The minimum absolute atomic E-state index is 0.0735. The summed E-state index contributed by atoms with van der Waals surface area (Å²) < 4.78 is 26.4. The molecule has 0 amide bonds. The van der Waals surface area contributed by atoms with E-state index < -0.39 is 9.84 Å². The predicted octanol–water partition coefficient (Wildman–Crippen LogP) is 5.58. The molecule has 0 radical (unpaired) electrons. The number of hydrogen-bond acceptors (Lipinski definition) is 3. The van der Waals surface area contributed by atoms with Gasteiger partial charge in [0, 0.05) is 19.1 Å². The van der Waals surface area contributed by atoms with E-state index in [4.69, 9.17) is 0 Å². The molecule has 3 rings (SSSR count). The fourth-order valence-corrected chi connectivity index (χ4v) is 5.41. The van der Waals surface area contributed by atoms with Gasteiger partial charge in [-0.05, 0) is 35.6 Å². The van der Waals surface area contributed by atoms with Gasteiger partial charge >= 0.3 is 0 Å². The largest absolute Gasteiger partial charge is 0.291 e. The lowest BCUT2D eigenvalue weighted by Gasteiger charge is -2.33. The van der Waals surface area contributed by atoms with Crippen LogP contribution in [0.1, 0.15) is 31.4 Å². The highest BCUT2D eigenvalue weighted by atomic mass is 32.2. The SMILES string of the molecule is CC(C)C[C@H](CS(=O)(=O)c1ccccc1)N(Cc1ccccc1)Cc1ccccc1. The normalized spacial score (nSPS) is 12.9. The molecule has 3 nitrogen and oxygen atoms in total. The maximum Gasteiger partial charge on any atom is 0.179 e. The molecule has 0 fully saturated rings. The van der Waals surface area contributed by atoms with E-state index in [-0.39, 0.29) is 11.8 Å². The topological polar surface area (TPSA) is 37.4 Å². The summed E-state index contributed by atoms with van der Waals surface area (Å²) in [5.41, 5.74) is 2.39. The molecule has 0 aliphatic carbocycles. The Hall–Kier alpha value is -2.43. The number of benzene rings is 3. The zero-order valence-electron chi connectivity index (χ0n) is 17.8. The van der Waals surface area contributed by atoms with Crippen LogP contribution in [-0.2, 0) is 22.9 Å². The summed E-state index contributed by atoms with van der Waals surface area (Å²) in [5.74, 6) is 0.518. The summed E-state index contributed by atoms with van der Waals surface area (Å²) in [6, 6.07) is 29.3. The molecule has 0 spiro atoms. The second kappa shape index (κ2) is 10.6. The maximum atomic E-state index is 13.2. The number of rotatable bonds is 10. The van der Waals surface area contributed by atoms with Crippen molar-refractivity contribution in [2.75, 3.05) is 5.75 Å². The van der Waals surface area contributed by atoms with Crippen molar-refractivity contribution in [2.24, 2.45) is 5.92 Å². The van der Waals surface area contributed by atoms with E-state index in [2.05, 4.69) is 43.0 Å². The summed E-state index contributed by atoms with van der Waals surface area (Å²) in [7, 11) is -3.38. The van der Waals surface area contributed by atoms with Crippen LogP contribution in [-0.4, -0.2) is 25.1 Å². The minimum atomic E-state index is -3.38. The molecule has 0 aliphatic heterocycles. The third-order valence-corrected chi connectivity index (χ3v) is 7.04. The van der Waals surface area contributed by atoms with Crippen LogP contribution in [0, 0.1) is 5.92 Å². The van der Waals surface area contributed by atoms with E-state index in [9.17, 15) is 8.42 Å². The van der Waals surface area contributed by atoms with Crippen LogP contribution in [0.15, 0.2) is 95.9 Å². The van der Waals surface area contributed by atoms with Gasteiger partial charge in [0.1, 0.15) is 0 Å². The zero-order valence-corrected chi connectivity index (χ0v) is 18.6. The molecule has 0 saturated heterocycles. The molecule has 0 heterocycles. The van der Waals surface area contributed by atoms with Gasteiger partial charge in [-0.2, -0.15) is 0 Å². The quantitative estimate of drug-likeness (QED) is 0.429. The van der Waals surface area contributed by atoms with Crippen molar-refractivity contribution in [3.63, 3.8) is 0 Å². The molecule has 0 bridgehead atoms. The Morgan fingerprint density at radius 2 is 1.13 bits per heavy atom. The maximum absolute atomic E-state index is 13.2. The Morgan fingerprint density at radius 3 is 1.57 bits per heavy atom. The van der Waals surface area contributed by atoms with Gasteiger partial charge in [-0.1, -0.05) is 92.7 Å². The van der Waals surface area contributed by atoms with Gasteiger partial charge in [0.05, 0.1) is 10.6 Å². The number of nitrogens with zero attached hydrogens (tertiary/aromatic N) is 1. The van der Waals surface area contributed by atoms with Gasteiger partial charge in [-0.3, -0.25) is 4.90 Å². The first-order valence-corrected chi connectivity index (χ1v) is 12.2. The monoisotopic (exact) mass is 421 g/mol. The molecule has 4 heteroatoms. The lowest BCUT2D eigenvalue weighted by atomic mass is 10.0. The molecule has 0 aliphatic rings. The summed E-state index contributed by atoms with van der Waals surface area (Å²) in [6.45, 7) is 5.76. The first-order chi connectivity index (χ1) is 14.4. The molecule has 158 valence electrons.